The number of carbonyl (C=O) groups is 1. The fourth-order valence-electron chi connectivity index (χ4n) is 2.59. The van der Waals surface area contributed by atoms with E-state index in [-0.39, 0.29) is 5.56 Å². The van der Waals surface area contributed by atoms with Gasteiger partial charge in [0.05, 0.1) is 25.5 Å². The lowest BCUT2D eigenvalue weighted by atomic mass is 10.2. The number of aromatic nitrogens is 2. The van der Waals surface area contributed by atoms with Crippen molar-refractivity contribution in [3.8, 4) is 11.5 Å². The molecule has 0 spiro atoms. The Morgan fingerprint density at radius 3 is 2.21 bits per heavy atom. The van der Waals surface area contributed by atoms with Crippen LogP contribution >= 0.6 is 0 Å². The van der Waals surface area contributed by atoms with Gasteiger partial charge < -0.3 is 25.2 Å². The standard InChI is InChI=1S/C20H20N4O4/c1-12-21-18(23-14-6-4-13(5-7-14)20(25)26)11-19(22-12)24-16-10-15(27-2)8-9-17(16)28-3/h4-11H,1-3H3,(H,25,26)(H2,21,22,23,24). The lowest BCUT2D eigenvalue weighted by Crippen LogP contribution is -2.03. The van der Waals surface area contributed by atoms with Crippen molar-refractivity contribution in [2.45, 2.75) is 6.92 Å². The zero-order chi connectivity index (χ0) is 20.1. The molecule has 144 valence electrons. The van der Waals surface area contributed by atoms with Gasteiger partial charge in [0.1, 0.15) is 29.0 Å². The summed E-state index contributed by atoms with van der Waals surface area (Å²) in [5, 5.41) is 15.4. The fourth-order valence-corrected chi connectivity index (χ4v) is 2.59. The highest BCUT2D eigenvalue weighted by Crippen LogP contribution is 2.31. The highest BCUT2D eigenvalue weighted by atomic mass is 16.5. The maximum Gasteiger partial charge on any atom is 0.335 e. The first kappa shape index (κ1) is 19.0. The molecular formula is C20H20N4O4. The van der Waals surface area contributed by atoms with E-state index in [0.29, 0.717) is 40.3 Å². The summed E-state index contributed by atoms with van der Waals surface area (Å²) in [6.45, 7) is 1.78. The average Bonchev–Trinajstić information content (AvgIpc) is 2.68. The molecule has 8 heteroatoms. The fraction of sp³-hybridized carbons (Fsp3) is 0.150. The molecule has 8 nitrogen and oxygen atoms in total. The molecule has 0 saturated heterocycles. The van der Waals surface area contributed by atoms with Gasteiger partial charge in [-0.05, 0) is 43.3 Å². The number of benzene rings is 2. The monoisotopic (exact) mass is 380 g/mol. The van der Waals surface area contributed by atoms with Gasteiger partial charge in [-0.3, -0.25) is 0 Å². The molecule has 1 aromatic heterocycles. The van der Waals surface area contributed by atoms with Gasteiger partial charge in [-0.25, -0.2) is 14.8 Å². The molecule has 0 aliphatic carbocycles. The third-order valence-electron chi connectivity index (χ3n) is 3.91. The Balaban J connectivity index is 1.84. The summed E-state index contributed by atoms with van der Waals surface area (Å²) in [5.41, 5.74) is 1.64. The van der Waals surface area contributed by atoms with Crippen LogP contribution in [-0.2, 0) is 0 Å². The molecule has 0 atom stereocenters. The normalized spacial score (nSPS) is 10.2. The minimum atomic E-state index is -0.969. The topological polar surface area (TPSA) is 106 Å². The van der Waals surface area contributed by atoms with Crippen LogP contribution in [0.3, 0.4) is 0 Å². The quantitative estimate of drug-likeness (QED) is 0.565. The first-order valence-electron chi connectivity index (χ1n) is 8.43. The van der Waals surface area contributed by atoms with Gasteiger partial charge in [0.15, 0.2) is 0 Å². The maximum absolute atomic E-state index is 11.0. The van der Waals surface area contributed by atoms with E-state index in [1.54, 1.807) is 45.4 Å². The number of carboxylic acids is 1. The van der Waals surface area contributed by atoms with E-state index in [4.69, 9.17) is 14.6 Å². The summed E-state index contributed by atoms with van der Waals surface area (Å²) in [4.78, 5) is 19.7. The van der Waals surface area contributed by atoms with Crippen LogP contribution in [0.25, 0.3) is 0 Å². The number of carboxylic acid groups (broad SMARTS) is 1. The maximum atomic E-state index is 11.0. The van der Waals surface area contributed by atoms with Crippen LogP contribution in [0.1, 0.15) is 16.2 Å². The summed E-state index contributed by atoms with van der Waals surface area (Å²) < 4.78 is 10.6. The van der Waals surface area contributed by atoms with Gasteiger partial charge in [0.2, 0.25) is 0 Å². The predicted molar refractivity (Wildman–Crippen MR) is 106 cm³/mol. The molecular weight excluding hydrogens is 360 g/mol. The van der Waals surface area contributed by atoms with Crippen LogP contribution in [-0.4, -0.2) is 35.3 Å². The molecule has 0 fully saturated rings. The van der Waals surface area contributed by atoms with E-state index < -0.39 is 5.97 Å². The van der Waals surface area contributed by atoms with Crippen molar-refractivity contribution in [3.63, 3.8) is 0 Å². The number of nitrogens with one attached hydrogen (secondary N) is 2. The third kappa shape index (κ3) is 4.47. The van der Waals surface area contributed by atoms with E-state index in [2.05, 4.69) is 20.6 Å². The van der Waals surface area contributed by atoms with Gasteiger partial charge in [0, 0.05) is 17.8 Å². The summed E-state index contributed by atoms with van der Waals surface area (Å²) in [7, 11) is 3.18. The van der Waals surface area contributed by atoms with Crippen LogP contribution in [0, 0.1) is 6.92 Å². The van der Waals surface area contributed by atoms with Crippen LogP contribution in [0.4, 0.5) is 23.0 Å². The van der Waals surface area contributed by atoms with Crippen molar-refractivity contribution < 1.29 is 19.4 Å². The second-order valence-electron chi connectivity index (χ2n) is 5.88. The van der Waals surface area contributed by atoms with E-state index in [1.807, 2.05) is 12.1 Å². The lowest BCUT2D eigenvalue weighted by Gasteiger charge is -2.14. The van der Waals surface area contributed by atoms with Gasteiger partial charge in [0.25, 0.3) is 0 Å². The lowest BCUT2D eigenvalue weighted by molar-refractivity contribution is 0.0697. The van der Waals surface area contributed by atoms with Crippen molar-refractivity contribution in [2.24, 2.45) is 0 Å². The molecule has 0 saturated carbocycles. The highest BCUT2D eigenvalue weighted by Gasteiger charge is 2.09. The molecule has 0 aliphatic rings. The first-order chi connectivity index (χ1) is 13.5. The number of ether oxygens (including phenoxy) is 2. The van der Waals surface area contributed by atoms with E-state index >= 15 is 0 Å². The number of rotatable bonds is 7. The molecule has 3 aromatic rings. The largest absolute Gasteiger partial charge is 0.497 e. The van der Waals surface area contributed by atoms with Crippen LogP contribution in [0.15, 0.2) is 48.5 Å². The van der Waals surface area contributed by atoms with Gasteiger partial charge in [-0.1, -0.05) is 0 Å². The number of hydrogen-bond donors (Lipinski definition) is 3. The Hall–Kier alpha value is -3.81. The summed E-state index contributed by atoms with van der Waals surface area (Å²) in [6, 6.07) is 13.6. The molecule has 1 heterocycles. The summed E-state index contributed by atoms with van der Waals surface area (Å²) in [6.07, 6.45) is 0. The Bertz CT molecular complexity index is 990. The molecule has 0 bridgehead atoms. The molecule has 2 aromatic carbocycles. The van der Waals surface area contributed by atoms with Crippen LogP contribution in [0.5, 0.6) is 11.5 Å². The van der Waals surface area contributed by atoms with Crippen molar-refractivity contribution in [1.29, 1.82) is 0 Å². The Morgan fingerprint density at radius 2 is 1.61 bits per heavy atom. The van der Waals surface area contributed by atoms with Crippen molar-refractivity contribution in [2.75, 3.05) is 24.9 Å². The minimum absolute atomic E-state index is 0.219. The predicted octanol–water partition coefficient (Wildman–Crippen LogP) is 3.99. The molecule has 0 aliphatic heterocycles. The number of aromatic carboxylic acids is 1. The number of nitrogens with zero attached hydrogens (tertiary/aromatic N) is 2. The number of hydrogen-bond acceptors (Lipinski definition) is 7. The van der Waals surface area contributed by atoms with Gasteiger partial charge in [-0.15, -0.1) is 0 Å². The Labute approximate surface area is 162 Å². The first-order valence-corrected chi connectivity index (χ1v) is 8.43. The van der Waals surface area contributed by atoms with E-state index in [0.717, 1.165) is 0 Å². The molecule has 28 heavy (non-hydrogen) atoms. The molecule has 3 rings (SSSR count). The van der Waals surface area contributed by atoms with Crippen molar-refractivity contribution in [1.82, 2.24) is 9.97 Å². The van der Waals surface area contributed by atoms with Gasteiger partial charge >= 0.3 is 5.97 Å². The van der Waals surface area contributed by atoms with Crippen LogP contribution in [0.2, 0.25) is 0 Å². The number of aryl methyl sites for hydroxylation is 1. The van der Waals surface area contributed by atoms with Crippen molar-refractivity contribution >= 4 is 29.0 Å². The number of methoxy groups -OCH3 is 2. The third-order valence-corrected chi connectivity index (χ3v) is 3.91. The second-order valence-corrected chi connectivity index (χ2v) is 5.88. The summed E-state index contributed by atoms with van der Waals surface area (Å²) >= 11 is 0. The number of anilines is 4. The van der Waals surface area contributed by atoms with E-state index in [9.17, 15) is 4.79 Å². The SMILES string of the molecule is COc1ccc(OC)c(Nc2cc(Nc3ccc(C(=O)O)cc3)nc(C)n2)c1. The van der Waals surface area contributed by atoms with Crippen LogP contribution < -0.4 is 20.1 Å². The van der Waals surface area contributed by atoms with E-state index in [1.165, 1.54) is 12.1 Å². The summed E-state index contributed by atoms with van der Waals surface area (Å²) in [5.74, 6) is 2.07. The smallest absolute Gasteiger partial charge is 0.335 e. The zero-order valence-corrected chi connectivity index (χ0v) is 15.7. The van der Waals surface area contributed by atoms with Gasteiger partial charge in [-0.2, -0.15) is 0 Å². The van der Waals surface area contributed by atoms with Crippen molar-refractivity contribution in [3.05, 3.63) is 59.9 Å². The minimum Gasteiger partial charge on any atom is -0.497 e. The molecule has 0 radical (unpaired) electrons. The Morgan fingerprint density at radius 1 is 0.929 bits per heavy atom. The average molecular weight is 380 g/mol. The highest BCUT2D eigenvalue weighted by molar-refractivity contribution is 5.88. The molecule has 0 unspecified atom stereocenters. The molecule has 3 N–H and O–H groups in total. The molecule has 0 amide bonds. The zero-order valence-electron chi connectivity index (χ0n) is 15.7. The Kier molecular flexibility index (Phi) is 5.59. The second kappa shape index (κ2) is 8.26.